The van der Waals surface area contributed by atoms with Gasteiger partial charge in [0.05, 0.1) is 0 Å². The first-order valence-corrected chi connectivity index (χ1v) is 13.1. The van der Waals surface area contributed by atoms with Crippen LogP contribution in [0.25, 0.3) is 24.3 Å². The molecule has 200 valence electrons. The molecular weight excluding hydrogens is 438 g/mol. The minimum atomic E-state index is -0.0116. The number of H-pyrrole nitrogens is 1. The molecule has 0 aliphatic carbocycles. The maximum Gasteiger partial charge on any atom is 0.196 e. The molecule has 36 heavy (non-hydrogen) atoms. The van der Waals surface area contributed by atoms with Crippen molar-refractivity contribution < 1.29 is 0 Å². The van der Waals surface area contributed by atoms with Crippen LogP contribution in [0.15, 0.2) is 60.4 Å². The van der Waals surface area contributed by atoms with Crippen molar-refractivity contribution in [1.29, 1.82) is 0 Å². The summed E-state index contributed by atoms with van der Waals surface area (Å²) in [7, 11) is 0. The third-order valence-corrected chi connectivity index (χ3v) is 5.05. The third kappa shape index (κ3) is 13.9. The lowest BCUT2D eigenvalue weighted by Crippen LogP contribution is -2.42. The van der Waals surface area contributed by atoms with Crippen LogP contribution in [-0.2, 0) is 0 Å². The first-order valence-electron chi connectivity index (χ1n) is 13.1. The van der Waals surface area contributed by atoms with Crippen LogP contribution in [0.3, 0.4) is 0 Å². The maximum atomic E-state index is 12.2. The number of pyridine rings is 1. The van der Waals surface area contributed by atoms with Gasteiger partial charge in [-0.05, 0) is 48.3 Å². The van der Waals surface area contributed by atoms with Crippen LogP contribution in [0.4, 0.5) is 0 Å². The van der Waals surface area contributed by atoms with Gasteiger partial charge in [0.15, 0.2) is 5.43 Å². The Labute approximate surface area is 222 Å². The van der Waals surface area contributed by atoms with Crippen LogP contribution in [0.1, 0.15) is 106 Å². The number of hydrogen-bond acceptors (Lipinski definition) is 1. The van der Waals surface area contributed by atoms with Crippen LogP contribution in [0.2, 0.25) is 0 Å². The van der Waals surface area contributed by atoms with Crippen molar-refractivity contribution in [3.05, 3.63) is 93.3 Å². The van der Waals surface area contributed by atoms with Gasteiger partial charge in [0.25, 0.3) is 0 Å². The highest BCUT2D eigenvalue weighted by Crippen LogP contribution is 2.33. The van der Waals surface area contributed by atoms with Gasteiger partial charge in [-0.15, -0.1) is 0 Å². The highest BCUT2D eigenvalue weighted by Gasteiger charge is 2.20. The molecule has 1 aromatic carbocycles. The standard InChI is InChI=1S/C15H17NO.C12H18.C5H12.C2H6/c1-5-9-13-11(7-3)15(17)12(8-4)14(16-13)10-6-2;1-10(12(2,3)4)11-8-6-5-7-9-11;1-5(2,3)4;1-2/h5-10,16H,1,4H2,2-3H3;5-10H,1-4H3;1-4H3;1-2H3/b10-6-,11-7+,13-9+;;;. The smallest absolute Gasteiger partial charge is 0.196 e. The van der Waals surface area contributed by atoms with Gasteiger partial charge in [-0.2, -0.15) is 0 Å². The Morgan fingerprint density at radius 1 is 0.917 bits per heavy atom. The van der Waals surface area contributed by atoms with Crippen molar-refractivity contribution >= 4 is 24.3 Å². The largest absolute Gasteiger partial charge is 0.354 e. The lowest BCUT2D eigenvalue weighted by molar-refractivity contribution is 0.339. The summed E-state index contributed by atoms with van der Waals surface area (Å²) in [5.74, 6) is 0.624. The second kappa shape index (κ2) is 17.5. The summed E-state index contributed by atoms with van der Waals surface area (Å²) in [5, 5.41) is 1.42. The molecule has 0 saturated heterocycles. The van der Waals surface area contributed by atoms with Crippen molar-refractivity contribution in [3.63, 3.8) is 0 Å². The average molecular weight is 492 g/mol. The van der Waals surface area contributed by atoms with Gasteiger partial charge >= 0.3 is 0 Å². The Bertz CT molecular complexity index is 1100. The fourth-order valence-corrected chi connectivity index (χ4v) is 2.95. The Balaban J connectivity index is 0. The predicted molar refractivity (Wildman–Crippen MR) is 167 cm³/mol. The predicted octanol–water partition coefficient (Wildman–Crippen LogP) is 8.73. The molecule has 0 aliphatic rings. The van der Waals surface area contributed by atoms with E-state index in [2.05, 4.69) is 104 Å². The number of rotatable bonds is 4. The van der Waals surface area contributed by atoms with E-state index in [4.69, 9.17) is 0 Å². The van der Waals surface area contributed by atoms with E-state index in [1.54, 1.807) is 24.3 Å². The van der Waals surface area contributed by atoms with Crippen molar-refractivity contribution in [3.8, 4) is 0 Å². The van der Waals surface area contributed by atoms with Gasteiger partial charge in [-0.1, -0.05) is 137 Å². The van der Waals surface area contributed by atoms with Crippen LogP contribution in [-0.4, -0.2) is 4.98 Å². The number of aromatic amines is 1. The lowest BCUT2D eigenvalue weighted by atomic mass is 9.78. The molecule has 0 fully saturated rings. The normalized spacial score (nSPS) is 12.9. The third-order valence-electron chi connectivity index (χ3n) is 5.05. The molecule has 0 radical (unpaired) electrons. The van der Waals surface area contributed by atoms with Crippen LogP contribution in [0, 0.1) is 10.8 Å². The maximum absolute atomic E-state index is 12.2. The monoisotopic (exact) mass is 491 g/mol. The molecule has 0 spiro atoms. The van der Waals surface area contributed by atoms with Crippen LogP contribution < -0.4 is 16.0 Å². The van der Waals surface area contributed by atoms with E-state index in [1.165, 1.54) is 5.56 Å². The van der Waals surface area contributed by atoms with Gasteiger partial charge in [-0.3, -0.25) is 4.79 Å². The number of aromatic nitrogens is 1. The second-order valence-electron chi connectivity index (χ2n) is 11.0. The number of allylic oxidation sites excluding steroid dienone is 2. The molecule has 1 aromatic heterocycles. The summed E-state index contributed by atoms with van der Waals surface area (Å²) >= 11 is 0. The van der Waals surface area contributed by atoms with Crippen molar-refractivity contribution in [2.24, 2.45) is 10.8 Å². The zero-order chi connectivity index (χ0) is 28.5. The van der Waals surface area contributed by atoms with Crippen molar-refractivity contribution in [2.75, 3.05) is 0 Å². The molecule has 0 bridgehead atoms. The molecule has 2 heteroatoms. The summed E-state index contributed by atoms with van der Waals surface area (Å²) in [5.41, 5.74) is 3.65. The second-order valence-corrected chi connectivity index (χ2v) is 11.0. The van der Waals surface area contributed by atoms with Gasteiger partial charge in [0, 0.05) is 21.8 Å². The molecule has 0 aliphatic heterocycles. The highest BCUT2D eigenvalue weighted by molar-refractivity contribution is 5.61. The summed E-state index contributed by atoms with van der Waals surface area (Å²) in [6.07, 6.45) is 10.6. The molecule has 1 unspecified atom stereocenters. The fraction of sp³-hybridized carbons (Fsp3) is 0.441. The Kier molecular flexibility index (Phi) is 17.2. The molecule has 0 amide bonds. The van der Waals surface area contributed by atoms with Crippen molar-refractivity contribution in [1.82, 2.24) is 4.98 Å². The van der Waals surface area contributed by atoms with E-state index < -0.39 is 0 Å². The van der Waals surface area contributed by atoms with Gasteiger partial charge in [0.2, 0.25) is 0 Å². The average Bonchev–Trinajstić information content (AvgIpc) is 2.80. The zero-order valence-electron chi connectivity index (χ0n) is 25.3. The molecule has 1 heterocycles. The summed E-state index contributed by atoms with van der Waals surface area (Å²) < 4.78 is 0. The lowest BCUT2D eigenvalue weighted by Gasteiger charge is -2.27. The van der Waals surface area contributed by atoms with Gasteiger partial charge in [0.1, 0.15) is 0 Å². The molecule has 2 aromatic rings. The molecular formula is C34H53NO. The Hall–Kier alpha value is -2.87. The summed E-state index contributed by atoms with van der Waals surface area (Å²) in [6.45, 7) is 33.0. The van der Waals surface area contributed by atoms with E-state index in [0.717, 1.165) is 11.0 Å². The van der Waals surface area contributed by atoms with Crippen LogP contribution in [0.5, 0.6) is 0 Å². The molecule has 0 saturated carbocycles. The topological polar surface area (TPSA) is 32.9 Å². The zero-order valence-corrected chi connectivity index (χ0v) is 25.3. The quantitative estimate of drug-likeness (QED) is 0.455. The van der Waals surface area contributed by atoms with Gasteiger partial charge in [-0.25, -0.2) is 0 Å². The molecule has 2 nitrogen and oxygen atoms in total. The first kappa shape index (κ1) is 35.3. The van der Waals surface area contributed by atoms with E-state index in [9.17, 15) is 4.79 Å². The van der Waals surface area contributed by atoms with E-state index in [1.807, 2.05) is 39.8 Å². The Morgan fingerprint density at radius 2 is 1.42 bits per heavy atom. The number of benzene rings is 1. The number of hydrogen-bond donors (Lipinski definition) is 1. The highest BCUT2D eigenvalue weighted by atomic mass is 16.1. The first-order chi connectivity index (χ1) is 16.7. The SMILES string of the molecule is C=C/C=c1/[nH]c(/C=C\C)c(C=C)c(=O)/c1=C/C.CC.CC(C)(C)C.CC(c1ccccc1)C(C)(C)C. The van der Waals surface area contributed by atoms with Gasteiger partial charge < -0.3 is 4.98 Å². The summed E-state index contributed by atoms with van der Waals surface area (Å²) in [4.78, 5) is 15.4. The Morgan fingerprint density at radius 3 is 1.78 bits per heavy atom. The minimum absolute atomic E-state index is 0.0116. The van der Waals surface area contributed by atoms with E-state index >= 15 is 0 Å². The van der Waals surface area contributed by atoms with Crippen LogP contribution >= 0.6 is 0 Å². The summed E-state index contributed by atoms with van der Waals surface area (Å²) in [6, 6.07) is 10.7. The van der Waals surface area contributed by atoms with E-state index in [-0.39, 0.29) is 5.43 Å². The molecule has 1 N–H and O–H groups in total. The van der Waals surface area contributed by atoms with E-state index in [0.29, 0.717) is 27.5 Å². The van der Waals surface area contributed by atoms with Crippen molar-refractivity contribution in [2.45, 2.75) is 89.0 Å². The number of nitrogens with one attached hydrogen (secondary N) is 1. The molecule has 1 atom stereocenters. The minimum Gasteiger partial charge on any atom is -0.354 e. The fourth-order valence-electron chi connectivity index (χ4n) is 2.95. The molecule has 2 rings (SSSR count).